The molecule has 1 atom stereocenters. The Kier molecular flexibility index (Phi) is 5.86. The summed E-state index contributed by atoms with van der Waals surface area (Å²) in [7, 11) is 0. The van der Waals surface area contributed by atoms with Gasteiger partial charge in [0.1, 0.15) is 0 Å². The first kappa shape index (κ1) is 14.5. The average molecular weight is 349 g/mol. The van der Waals surface area contributed by atoms with Crippen LogP contribution >= 0.6 is 0 Å². The molecular formula is C5H5F3HfO3. The Hall–Kier alpha value is -0.0399. The van der Waals surface area contributed by atoms with Crippen molar-refractivity contribution in [2.75, 3.05) is 0 Å². The van der Waals surface area contributed by atoms with E-state index in [-0.39, 0.29) is 25.8 Å². The standard InChI is InChI=1S/C5H5F3O3.Hf/c1-2(9)3(10)5(7,8)4(6)11;/h3,10H,1H3;. The SMILES string of the molecule is CC(=O)C(O)C(F)(F)C(=O)F.[Hf]. The first-order chi connectivity index (χ1) is 4.80. The average Bonchev–Trinajstić information content (AvgIpc) is 1.85. The van der Waals surface area contributed by atoms with Crippen molar-refractivity contribution < 1.29 is 53.7 Å². The van der Waals surface area contributed by atoms with Crippen molar-refractivity contribution in [2.24, 2.45) is 0 Å². The molecule has 0 fully saturated rings. The molecule has 0 amide bonds. The van der Waals surface area contributed by atoms with E-state index in [2.05, 4.69) is 0 Å². The van der Waals surface area contributed by atoms with Crippen LogP contribution in [0.2, 0.25) is 0 Å². The molecule has 0 aliphatic carbocycles. The van der Waals surface area contributed by atoms with Gasteiger partial charge in [-0.1, -0.05) is 0 Å². The molecule has 0 aromatic rings. The van der Waals surface area contributed by atoms with Gasteiger partial charge >= 0.3 is 12.0 Å². The molecule has 12 heavy (non-hydrogen) atoms. The number of Topliss-reactive ketones (excluding diaryl/α,β-unsaturated/α-hetero) is 1. The first-order valence-electron chi connectivity index (χ1n) is 2.56. The van der Waals surface area contributed by atoms with Crippen molar-refractivity contribution >= 4 is 11.8 Å². The molecule has 0 spiro atoms. The third-order valence-electron chi connectivity index (χ3n) is 0.991. The van der Waals surface area contributed by atoms with Crippen LogP contribution in [-0.2, 0) is 35.4 Å². The maximum absolute atomic E-state index is 12.0. The number of alkyl halides is 2. The summed E-state index contributed by atoms with van der Waals surface area (Å²) in [6.07, 6.45) is -2.89. The van der Waals surface area contributed by atoms with E-state index in [9.17, 15) is 22.8 Å². The number of carbonyl (C=O) groups excluding carboxylic acids is 2. The fraction of sp³-hybridized carbons (Fsp3) is 0.600. The van der Waals surface area contributed by atoms with Crippen molar-refractivity contribution in [1.82, 2.24) is 0 Å². The van der Waals surface area contributed by atoms with Crippen molar-refractivity contribution in [1.29, 1.82) is 0 Å². The molecule has 68 valence electrons. The van der Waals surface area contributed by atoms with Crippen LogP contribution in [0.4, 0.5) is 13.2 Å². The van der Waals surface area contributed by atoms with E-state index in [4.69, 9.17) is 5.11 Å². The van der Waals surface area contributed by atoms with Crippen molar-refractivity contribution in [3.63, 3.8) is 0 Å². The summed E-state index contributed by atoms with van der Waals surface area (Å²) in [5, 5.41) is 8.26. The Morgan fingerprint density at radius 2 is 1.75 bits per heavy atom. The van der Waals surface area contributed by atoms with Gasteiger partial charge in [-0.2, -0.15) is 13.2 Å². The summed E-state index contributed by atoms with van der Waals surface area (Å²) in [5.74, 6) is -5.98. The second-order valence-corrected chi connectivity index (χ2v) is 1.91. The van der Waals surface area contributed by atoms with E-state index < -0.39 is 23.8 Å². The number of aliphatic hydroxyl groups is 1. The first-order valence-corrected chi connectivity index (χ1v) is 2.56. The van der Waals surface area contributed by atoms with Crippen molar-refractivity contribution in [2.45, 2.75) is 19.0 Å². The second kappa shape index (κ2) is 4.86. The van der Waals surface area contributed by atoms with E-state index in [1.807, 2.05) is 0 Å². The zero-order valence-corrected chi connectivity index (χ0v) is 9.57. The van der Waals surface area contributed by atoms with Gasteiger partial charge in [-0.05, 0) is 6.92 Å². The molecule has 0 saturated carbocycles. The number of ketones is 1. The third-order valence-corrected chi connectivity index (χ3v) is 0.991. The van der Waals surface area contributed by atoms with E-state index in [0.717, 1.165) is 0 Å². The number of hydrogen-bond acceptors (Lipinski definition) is 3. The van der Waals surface area contributed by atoms with Gasteiger partial charge in [-0.25, -0.2) is 0 Å². The molecule has 0 rings (SSSR count). The van der Waals surface area contributed by atoms with E-state index in [1.165, 1.54) is 0 Å². The maximum atomic E-state index is 12.0. The Balaban J connectivity index is 0. The second-order valence-electron chi connectivity index (χ2n) is 1.91. The molecular weight excluding hydrogens is 344 g/mol. The number of carbonyl (C=O) groups is 2. The van der Waals surface area contributed by atoms with Crippen LogP contribution in [0, 0.1) is 0 Å². The minimum absolute atomic E-state index is 0. The molecule has 0 aliphatic heterocycles. The zero-order valence-electron chi connectivity index (χ0n) is 5.97. The number of rotatable bonds is 3. The largest absolute Gasteiger partial charge is 0.379 e. The van der Waals surface area contributed by atoms with Crippen LogP contribution in [0.15, 0.2) is 0 Å². The maximum Gasteiger partial charge on any atom is 0.373 e. The van der Waals surface area contributed by atoms with Crippen molar-refractivity contribution in [3.05, 3.63) is 0 Å². The van der Waals surface area contributed by atoms with E-state index in [1.54, 1.807) is 0 Å². The van der Waals surface area contributed by atoms with Gasteiger partial charge in [0.2, 0.25) is 0 Å². The predicted molar refractivity (Wildman–Crippen MR) is 27.7 cm³/mol. The number of hydrogen-bond donors (Lipinski definition) is 1. The molecule has 7 heteroatoms. The van der Waals surface area contributed by atoms with Gasteiger partial charge in [-0.3, -0.25) is 9.59 Å². The van der Waals surface area contributed by atoms with Gasteiger partial charge < -0.3 is 5.11 Å². The zero-order chi connectivity index (χ0) is 9.23. The van der Waals surface area contributed by atoms with Gasteiger partial charge in [0.25, 0.3) is 0 Å². The summed E-state index contributed by atoms with van der Waals surface area (Å²) in [6.45, 7) is 0.627. The minimum Gasteiger partial charge on any atom is -0.379 e. The molecule has 0 aliphatic rings. The summed E-state index contributed by atoms with van der Waals surface area (Å²) in [4.78, 5) is 19.5. The van der Waals surface area contributed by atoms with Crippen molar-refractivity contribution in [3.8, 4) is 0 Å². The van der Waals surface area contributed by atoms with Crippen LogP contribution in [0.5, 0.6) is 0 Å². The third kappa shape index (κ3) is 3.14. The van der Waals surface area contributed by atoms with E-state index in [0.29, 0.717) is 6.92 Å². The predicted octanol–water partition coefficient (Wildman–Crippen LogP) is 0.0652. The molecule has 0 aromatic carbocycles. The fourth-order valence-electron chi connectivity index (χ4n) is 0.363. The summed E-state index contributed by atoms with van der Waals surface area (Å²) in [5.41, 5.74) is 0. The van der Waals surface area contributed by atoms with Crippen LogP contribution in [0.25, 0.3) is 0 Å². The Morgan fingerprint density at radius 1 is 1.42 bits per heavy atom. The molecule has 0 saturated heterocycles. The smallest absolute Gasteiger partial charge is 0.373 e. The molecule has 0 radical (unpaired) electrons. The van der Waals surface area contributed by atoms with Crippen LogP contribution < -0.4 is 0 Å². The summed E-state index contributed by atoms with van der Waals surface area (Å²) in [6, 6.07) is -3.01. The Morgan fingerprint density at radius 3 is 1.83 bits per heavy atom. The van der Waals surface area contributed by atoms with Gasteiger partial charge in [0.05, 0.1) is 0 Å². The van der Waals surface area contributed by atoms with Crippen LogP contribution in [0.3, 0.4) is 0 Å². The van der Waals surface area contributed by atoms with Crippen LogP contribution in [0.1, 0.15) is 6.92 Å². The van der Waals surface area contributed by atoms with Gasteiger partial charge in [0, 0.05) is 25.8 Å². The van der Waals surface area contributed by atoms with E-state index >= 15 is 0 Å². The van der Waals surface area contributed by atoms with Gasteiger partial charge in [-0.15, -0.1) is 0 Å². The normalized spacial score (nSPS) is 13.1. The summed E-state index contributed by atoms with van der Waals surface area (Å²) < 4.78 is 35.4. The topological polar surface area (TPSA) is 54.4 Å². The Bertz CT molecular complexity index is 194. The van der Waals surface area contributed by atoms with Crippen LogP contribution in [-0.4, -0.2) is 29.0 Å². The molecule has 0 heterocycles. The Labute approximate surface area is 84.7 Å². The molecule has 0 aromatic heterocycles. The molecule has 1 N–H and O–H groups in total. The quantitative estimate of drug-likeness (QED) is 0.580. The monoisotopic (exact) mass is 350 g/mol. The molecule has 1 unspecified atom stereocenters. The number of aliphatic hydroxyl groups excluding tert-OH is 1. The number of halogens is 3. The molecule has 0 bridgehead atoms. The van der Waals surface area contributed by atoms with Gasteiger partial charge in [0.15, 0.2) is 11.9 Å². The fourth-order valence-corrected chi connectivity index (χ4v) is 0.363. The minimum atomic E-state index is -4.62. The molecule has 3 nitrogen and oxygen atoms in total. The summed E-state index contributed by atoms with van der Waals surface area (Å²) >= 11 is 0.